The number of para-hydroxylation sites is 1. The van der Waals surface area contributed by atoms with Crippen molar-refractivity contribution in [2.45, 2.75) is 26.7 Å². The first-order valence-corrected chi connectivity index (χ1v) is 7.44. The van der Waals surface area contributed by atoms with E-state index in [1.807, 2.05) is 13.8 Å². The average molecular weight is 313 g/mol. The Morgan fingerprint density at radius 2 is 1.87 bits per heavy atom. The molecule has 0 aliphatic heterocycles. The van der Waals surface area contributed by atoms with Gasteiger partial charge in [-0.2, -0.15) is 5.10 Å². The Morgan fingerprint density at radius 3 is 2.48 bits per heavy atom. The van der Waals surface area contributed by atoms with Gasteiger partial charge in [0.15, 0.2) is 5.69 Å². The van der Waals surface area contributed by atoms with E-state index in [1.165, 1.54) is 0 Å². The third kappa shape index (κ3) is 4.12. The normalized spacial score (nSPS) is 10.4. The van der Waals surface area contributed by atoms with Crippen LogP contribution in [0.1, 0.15) is 53.2 Å². The standard InChI is InChI=1S/C17H19N3O3/c1-4-23-17(22)12-7-5-6-8-14(12)18-16(21)15-10-9-13(11(2)3)19-20-15/h5-11H,4H2,1-3H3,(H,18,21). The van der Waals surface area contributed by atoms with E-state index >= 15 is 0 Å². The largest absolute Gasteiger partial charge is 0.462 e. The molecule has 0 spiro atoms. The topological polar surface area (TPSA) is 81.2 Å². The predicted molar refractivity (Wildman–Crippen MR) is 86.5 cm³/mol. The highest BCUT2D eigenvalue weighted by Crippen LogP contribution is 2.17. The maximum Gasteiger partial charge on any atom is 0.340 e. The zero-order valence-electron chi connectivity index (χ0n) is 13.4. The second-order valence-electron chi connectivity index (χ2n) is 5.22. The molecule has 1 heterocycles. The predicted octanol–water partition coefficient (Wildman–Crippen LogP) is 3.03. The zero-order valence-corrected chi connectivity index (χ0v) is 13.4. The number of hydrogen-bond donors (Lipinski definition) is 1. The van der Waals surface area contributed by atoms with E-state index in [4.69, 9.17) is 4.74 Å². The van der Waals surface area contributed by atoms with Crippen molar-refractivity contribution in [3.63, 3.8) is 0 Å². The van der Waals surface area contributed by atoms with Gasteiger partial charge in [0.25, 0.3) is 5.91 Å². The van der Waals surface area contributed by atoms with E-state index in [2.05, 4.69) is 15.5 Å². The lowest BCUT2D eigenvalue weighted by atomic mass is 10.1. The minimum atomic E-state index is -0.482. The minimum absolute atomic E-state index is 0.188. The third-order valence-corrected chi connectivity index (χ3v) is 3.18. The molecule has 1 aromatic carbocycles. The fourth-order valence-electron chi connectivity index (χ4n) is 1.94. The fraction of sp³-hybridized carbons (Fsp3) is 0.294. The van der Waals surface area contributed by atoms with Gasteiger partial charge in [-0.05, 0) is 37.1 Å². The third-order valence-electron chi connectivity index (χ3n) is 3.18. The van der Waals surface area contributed by atoms with Crippen molar-refractivity contribution in [3.8, 4) is 0 Å². The quantitative estimate of drug-likeness (QED) is 0.858. The number of carbonyl (C=O) groups is 2. The number of nitrogens with zero attached hydrogens (tertiary/aromatic N) is 2. The number of carbonyl (C=O) groups excluding carboxylic acids is 2. The van der Waals surface area contributed by atoms with Gasteiger partial charge in [0.05, 0.1) is 23.6 Å². The monoisotopic (exact) mass is 313 g/mol. The molecule has 23 heavy (non-hydrogen) atoms. The van der Waals surface area contributed by atoms with Gasteiger partial charge in [-0.1, -0.05) is 26.0 Å². The van der Waals surface area contributed by atoms with E-state index in [0.717, 1.165) is 5.69 Å². The molecule has 0 saturated heterocycles. The van der Waals surface area contributed by atoms with Gasteiger partial charge >= 0.3 is 5.97 Å². The van der Waals surface area contributed by atoms with Gasteiger partial charge < -0.3 is 10.1 Å². The van der Waals surface area contributed by atoms with Crippen LogP contribution in [-0.2, 0) is 4.74 Å². The lowest BCUT2D eigenvalue weighted by Gasteiger charge is -2.10. The van der Waals surface area contributed by atoms with Crippen LogP contribution in [0.3, 0.4) is 0 Å². The molecular weight excluding hydrogens is 294 g/mol. The van der Waals surface area contributed by atoms with Crippen LogP contribution in [0.2, 0.25) is 0 Å². The van der Waals surface area contributed by atoms with Crippen molar-refractivity contribution in [1.82, 2.24) is 10.2 Å². The summed E-state index contributed by atoms with van der Waals surface area (Å²) in [6.45, 7) is 5.99. The number of anilines is 1. The molecule has 0 atom stereocenters. The number of aromatic nitrogens is 2. The minimum Gasteiger partial charge on any atom is -0.462 e. The van der Waals surface area contributed by atoms with E-state index in [0.29, 0.717) is 11.3 Å². The number of esters is 1. The summed E-state index contributed by atoms with van der Waals surface area (Å²) in [4.78, 5) is 24.2. The molecule has 0 aliphatic rings. The second-order valence-corrected chi connectivity index (χ2v) is 5.22. The molecular formula is C17H19N3O3. The summed E-state index contributed by atoms with van der Waals surface area (Å²) in [7, 11) is 0. The Balaban J connectivity index is 2.18. The Labute approximate surface area is 134 Å². The second kappa shape index (κ2) is 7.49. The summed E-state index contributed by atoms with van der Waals surface area (Å²) in [6.07, 6.45) is 0. The molecule has 1 aromatic heterocycles. The molecule has 0 fully saturated rings. The highest BCUT2D eigenvalue weighted by atomic mass is 16.5. The van der Waals surface area contributed by atoms with Gasteiger partial charge in [-0.15, -0.1) is 5.10 Å². The van der Waals surface area contributed by atoms with Crippen LogP contribution in [0.5, 0.6) is 0 Å². The van der Waals surface area contributed by atoms with Gasteiger partial charge in [0.1, 0.15) is 0 Å². The van der Waals surface area contributed by atoms with Crippen molar-refractivity contribution in [2.75, 3.05) is 11.9 Å². The Morgan fingerprint density at radius 1 is 1.13 bits per heavy atom. The molecule has 2 rings (SSSR count). The smallest absolute Gasteiger partial charge is 0.340 e. The number of ether oxygens (including phenoxy) is 1. The average Bonchev–Trinajstić information content (AvgIpc) is 2.55. The SMILES string of the molecule is CCOC(=O)c1ccccc1NC(=O)c1ccc(C(C)C)nn1. The first-order valence-electron chi connectivity index (χ1n) is 7.44. The highest BCUT2D eigenvalue weighted by molar-refractivity contribution is 6.06. The van der Waals surface area contributed by atoms with Crippen LogP contribution < -0.4 is 5.32 Å². The van der Waals surface area contributed by atoms with Crippen LogP contribution in [0, 0.1) is 0 Å². The Hall–Kier alpha value is -2.76. The first kappa shape index (κ1) is 16.6. The molecule has 0 aliphatic carbocycles. The molecule has 0 saturated carbocycles. The lowest BCUT2D eigenvalue weighted by molar-refractivity contribution is 0.0527. The van der Waals surface area contributed by atoms with Crippen LogP contribution in [0.15, 0.2) is 36.4 Å². The summed E-state index contributed by atoms with van der Waals surface area (Å²) in [5.41, 5.74) is 1.68. The van der Waals surface area contributed by atoms with E-state index < -0.39 is 11.9 Å². The molecule has 1 amide bonds. The van der Waals surface area contributed by atoms with Gasteiger partial charge in [-0.3, -0.25) is 4.79 Å². The maximum absolute atomic E-state index is 12.3. The molecule has 6 nitrogen and oxygen atoms in total. The number of amides is 1. The first-order chi connectivity index (χ1) is 11.0. The molecule has 0 bridgehead atoms. The zero-order chi connectivity index (χ0) is 16.8. The van der Waals surface area contributed by atoms with Crippen LogP contribution >= 0.6 is 0 Å². The Kier molecular flexibility index (Phi) is 5.41. The number of nitrogens with one attached hydrogen (secondary N) is 1. The van der Waals surface area contributed by atoms with Crippen molar-refractivity contribution in [2.24, 2.45) is 0 Å². The lowest BCUT2D eigenvalue weighted by Crippen LogP contribution is -2.17. The molecule has 0 radical (unpaired) electrons. The van der Waals surface area contributed by atoms with Crippen LogP contribution in [0.25, 0.3) is 0 Å². The van der Waals surface area contributed by atoms with E-state index in [1.54, 1.807) is 43.3 Å². The van der Waals surface area contributed by atoms with Crippen LogP contribution in [-0.4, -0.2) is 28.7 Å². The van der Waals surface area contributed by atoms with Crippen molar-refractivity contribution >= 4 is 17.6 Å². The van der Waals surface area contributed by atoms with E-state index in [9.17, 15) is 9.59 Å². The van der Waals surface area contributed by atoms with Crippen LogP contribution in [0.4, 0.5) is 5.69 Å². The molecule has 2 aromatic rings. The number of rotatable bonds is 5. The summed E-state index contributed by atoms with van der Waals surface area (Å²) < 4.78 is 4.98. The summed E-state index contributed by atoms with van der Waals surface area (Å²) in [5.74, 6) is -0.668. The molecule has 6 heteroatoms. The summed E-state index contributed by atoms with van der Waals surface area (Å²) in [6, 6.07) is 10.1. The number of hydrogen-bond acceptors (Lipinski definition) is 5. The van der Waals surface area contributed by atoms with Crippen molar-refractivity contribution in [1.29, 1.82) is 0 Å². The summed E-state index contributed by atoms with van der Waals surface area (Å²) in [5, 5.41) is 10.6. The highest BCUT2D eigenvalue weighted by Gasteiger charge is 2.16. The molecule has 0 unspecified atom stereocenters. The van der Waals surface area contributed by atoms with Gasteiger partial charge in [-0.25, -0.2) is 4.79 Å². The molecule has 1 N–H and O–H groups in total. The van der Waals surface area contributed by atoms with Crippen molar-refractivity contribution < 1.29 is 14.3 Å². The number of benzene rings is 1. The van der Waals surface area contributed by atoms with Gasteiger partial charge in [0, 0.05) is 0 Å². The van der Waals surface area contributed by atoms with Crippen molar-refractivity contribution in [3.05, 3.63) is 53.3 Å². The van der Waals surface area contributed by atoms with Gasteiger partial charge in [0.2, 0.25) is 0 Å². The molecule has 120 valence electrons. The fourth-order valence-corrected chi connectivity index (χ4v) is 1.94. The van der Waals surface area contributed by atoms with E-state index in [-0.39, 0.29) is 18.2 Å². The summed E-state index contributed by atoms with van der Waals surface area (Å²) >= 11 is 0. The Bertz CT molecular complexity index is 696. The maximum atomic E-state index is 12.3.